The number of nitrogens with zero attached hydrogens (tertiary/aromatic N) is 1. The van der Waals surface area contributed by atoms with Crippen LogP contribution in [0.5, 0.6) is 0 Å². The van der Waals surface area contributed by atoms with E-state index in [2.05, 4.69) is 56.4 Å². The highest BCUT2D eigenvalue weighted by Gasteiger charge is 2.37. The van der Waals surface area contributed by atoms with Crippen LogP contribution in [0.25, 0.3) is 0 Å². The van der Waals surface area contributed by atoms with Gasteiger partial charge in [0.15, 0.2) is 0 Å². The fourth-order valence-electron chi connectivity index (χ4n) is 3.45. The van der Waals surface area contributed by atoms with E-state index in [0.29, 0.717) is 5.92 Å². The van der Waals surface area contributed by atoms with Gasteiger partial charge in [-0.3, -0.25) is 0 Å². The minimum Gasteiger partial charge on any atom is -0.338 e. The first-order valence-corrected chi connectivity index (χ1v) is 8.65. The van der Waals surface area contributed by atoms with Gasteiger partial charge in [-0.25, -0.2) is 4.79 Å². The van der Waals surface area contributed by atoms with Gasteiger partial charge in [-0.05, 0) is 44.6 Å². The summed E-state index contributed by atoms with van der Waals surface area (Å²) in [5.74, 6) is 0.556. The topological polar surface area (TPSA) is 32.3 Å². The lowest BCUT2D eigenvalue weighted by Gasteiger charge is -2.45. The molecule has 0 spiro atoms. The molecule has 22 heavy (non-hydrogen) atoms. The Bertz CT molecular complexity index is 470. The van der Waals surface area contributed by atoms with Crippen molar-refractivity contribution >= 4 is 6.03 Å². The summed E-state index contributed by atoms with van der Waals surface area (Å²) in [4.78, 5) is 14.5. The molecule has 0 aliphatic carbocycles. The molecule has 2 amide bonds. The number of amides is 2. The first kappa shape index (κ1) is 16.9. The molecule has 0 bridgehead atoms. The largest absolute Gasteiger partial charge is 0.338 e. The van der Waals surface area contributed by atoms with Gasteiger partial charge in [0.1, 0.15) is 0 Å². The van der Waals surface area contributed by atoms with Crippen LogP contribution >= 0.6 is 0 Å². The van der Waals surface area contributed by atoms with Crippen LogP contribution in [-0.2, 0) is 0 Å². The molecule has 122 valence electrons. The Kier molecular flexibility index (Phi) is 5.87. The molecule has 1 saturated heterocycles. The van der Waals surface area contributed by atoms with E-state index in [1.165, 1.54) is 18.4 Å². The van der Waals surface area contributed by atoms with E-state index in [0.717, 1.165) is 32.4 Å². The molecule has 1 unspecified atom stereocenters. The van der Waals surface area contributed by atoms with Crippen molar-refractivity contribution in [2.75, 3.05) is 13.1 Å². The number of benzene rings is 1. The number of hydrogen-bond donors (Lipinski definition) is 1. The lowest BCUT2D eigenvalue weighted by Crippen LogP contribution is -2.55. The number of piperidine rings is 1. The first-order valence-electron chi connectivity index (χ1n) is 8.65. The second kappa shape index (κ2) is 7.66. The van der Waals surface area contributed by atoms with Gasteiger partial charge in [0.05, 0.1) is 0 Å². The van der Waals surface area contributed by atoms with Gasteiger partial charge in [0.2, 0.25) is 0 Å². The molecule has 1 fully saturated rings. The van der Waals surface area contributed by atoms with Crippen LogP contribution in [-0.4, -0.2) is 29.6 Å². The number of urea groups is 1. The Morgan fingerprint density at radius 3 is 2.64 bits per heavy atom. The molecule has 1 aromatic carbocycles. The van der Waals surface area contributed by atoms with Gasteiger partial charge in [-0.2, -0.15) is 0 Å². The van der Waals surface area contributed by atoms with Crippen molar-refractivity contribution < 1.29 is 4.79 Å². The second-order valence-electron chi connectivity index (χ2n) is 7.00. The Morgan fingerprint density at radius 2 is 2.00 bits per heavy atom. The predicted molar refractivity (Wildman–Crippen MR) is 92.1 cm³/mol. The highest BCUT2D eigenvalue weighted by molar-refractivity contribution is 5.75. The maximum atomic E-state index is 12.4. The number of rotatable bonds is 5. The monoisotopic (exact) mass is 302 g/mol. The number of likely N-dealkylation sites (tertiary alicyclic amines) is 1. The minimum absolute atomic E-state index is 0.0897. The summed E-state index contributed by atoms with van der Waals surface area (Å²) in [5, 5.41) is 3.08. The van der Waals surface area contributed by atoms with E-state index in [4.69, 9.17) is 0 Å². The summed E-state index contributed by atoms with van der Waals surface area (Å²) in [7, 11) is 0. The summed E-state index contributed by atoms with van der Waals surface area (Å²) in [5.41, 5.74) is 1.31. The standard InChI is InChI=1S/C19H30N2O/c1-4-5-9-13-20-18(22)21-14-12-17(15-19(21,2)3)16-10-7-6-8-11-16/h6-8,10-11,17H,4-5,9,12-15H2,1-3H3,(H,20,22). The van der Waals surface area contributed by atoms with Gasteiger partial charge in [0.25, 0.3) is 0 Å². The summed E-state index contributed by atoms with van der Waals surface area (Å²) in [6.07, 6.45) is 5.52. The van der Waals surface area contributed by atoms with E-state index >= 15 is 0 Å². The molecule has 0 aromatic heterocycles. The zero-order valence-electron chi connectivity index (χ0n) is 14.3. The van der Waals surface area contributed by atoms with Crippen molar-refractivity contribution in [1.82, 2.24) is 10.2 Å². The summed E-state index contributed by atoms with van der Waals surface area (Å²) < 4.78 is 0. The molecule has 3 nitrogen and oxygen atoms in total. The molecule has 1 heterocycles. The van der Waals surface area contributed by atoms with Crippen molar-refractivity contribution in [1.29, 1.82) is 0 Å². The number of hydrogen-bond acceptors (Lipinski definition) is 1. The van der Waals surface area contributed by atoms with Crippen molar-refractivity contribution in [2.24, 2.45) is 0 Å². The molecule has 1 aliphatic rings. The Labute approximate surface area is 135 Å². The Balaban J connectivity index is 1.92. The van der Waals surface area contributed by atoms with Gasteiger partial charge in [-0.1, -0.05) is 50.1 Å². The van der Waals surface area contributed by atoms with E-state index in [9.17, 15) is 4.79 Å². The van der Waals surface area contributed by atoms with Crippen molar-refractivity contribution in [2.45, 2.75) is 64.3 Å². The van der Waals surface area contributed by atoms with Gasteiger partial charge in [0, 0.05) is 18.6 Å². The Morgan fingerprint density at radius 1 is 1.27 bits per heavy atom. The zero-order chi connectivity index (χ0) is 16.0. The first-order chi connectivity index (χ1) is 10.5. The molecule has 0 saturated carbocycles. The maximum Gasteiger partial charge on any atom is 0.317 e. The van der Waals surface area contributed by atoms with Gasteiger partial charge in [-0.15, -0.1) is 0 Å². The van der Waals surface area contributed by atoms with Crippen molar-refractivity contribution in [3.63, 3.8) is 0 Å². The highest BCUT2D eigenvalue weighted by atomic mass is 16.2. The lowest BCUT2D eigenvalue weighted by molar-refractivity contribution is 0.0924. The van der Waals surface area contributed by atoms with Crippen LogP contribution in [0.3, 0.4) is 0 Å². The smallest absolute Gasteiger partial charge is 0.317 e. The van der Waals surface area contributed by atoms with Crippen LogP contribution in [0.1, 0.15) is 64.4 Å². The van der Waals surface area contributed by atoms with Crippen LogP contribution in [0.15, 0.2) is 30.3 Å². The molecular weight excluding hydrogens is 272 g/mol. The fraction of sp³-hybridized carbons (Fsp3) is 0.632. The molecule has 3 heteroatoms. The zero-order valence-corrected chi connectivity index (χ0v) is 14.3. The summed E-state index contributed by atoms with van der Waals surface area (Å²) >= 11 is 0. The van der Waals surface area contributed by atoms with Gasteiger partial charge >= 0.3 is 6.03 Å². The number of carbonyl (C=O) groups excluding carboxylic acids is 1. The molecule has 0 radical (unpaired) electrons. The quantitative estimate of drug-likeness (QED) is 0.795. The van der Waals surface area contributed by atoms with Crippen LogP contribution in [0, 0.1) is 0 Å². The summed E-state index contributed by atoms with van der Waals surface area (Å²) in [6, 6.07) is 10.8. The maximum absolute atomic E-state index is 12.4. The third-order valence-corrected chi connectivity index (χ3v) is 4.75. The normalized spacial score (nSPS) is 20.7. The number of carbonyl (C=O) groups is 1. The molecule has 1 N–H and O–H groups in total. The van der Waals surface area contributed by atoms with Crippen molar-refractivity contribution in [3.8, 4) is 0 Å². The number of nitrogens with one attached hydrogen (secondary N) is 1. The third kappa shape index (κ3) is 4.25. The average molecular weight is 302 g/mol. The van der Waals surface area contributed by atoms with E-state index in [-0.39, 0.29) is 11.6 Å². The van der Waals surface area contributed by atoms with E-state index < -0.39 is 0 Å². The minimum atomic E-state index is -0.0897. The van der Waals surface area contributed by atoms with Crippen molar-refractivity contribution in [3.05, 3.63) is 35.9 Å². The third-order valence-electron chi connectivity index (χ3n) is 4.75. The van der Waals surface area contributed by atoms with E-state index in [1.807, 2.05) is 4.90 Å². The molecule has 1 aromatic rings. The lowest BCUT2D eigenvalue weighted by atomic mass is 9.79. The average Bonchev–Trinajstić information content (AvgIpc) is 2.51. The van der Waals surface area contributed by atoms with Crippen LogP contribution in [0.2, 0.25) is 0 Å². The highest BCUT2D eigenvalue weighted by Crippen LogP contribution is 2.37. The van der Waals surface area contributed by atoms with Crippen LogP contribution < -0.4 is 5.32 Å². The second-order valence-corrected chi connectivity index (χ2v) is 7.00. The molecular formula is C19H30N2O. The molecule has 1 atom stereocenters. The SMILES string of the molecule is CCCCCNC(=O)N1CCC(c2ccccc2)CC1(C)C. The Hall–Kier alpha value is -1.51. The summed E-state index contributed by atoms with van der Waals surface area (Å²) in [6.45, 7) is 8.19. The van der Waals surface area contributed by atoms with Crippen LogP contribution in [0.4, 0.5) is 4.79 Å². The van der Waals surface area contributed by atoms with E-state index in [1.54, 1.807) is 0 Å². The van der Waals surface area contributed by atoms with Gasteiger partial charge < -0.3 is 10.2 Å². The predicted octanol–water partition coefficient (Wildman–Crippen LogP) is 4.54. The molecule has 1 aliphatic heterocycles. The molecule has 2 rings (SSSR count). The number of unbranched alkanes of at least 4 members (excludes halogenated alkanes) is 2. The fourth-order valence-corrected chi connectivity index (χ4v) is 3.45.